The fourth-order valence-electron chi connectivity index (χ4n) is 8.95. The first kappa shape index (κ1) is 62.2. The standard InChI is InChI=1S/C54H101NO8S/c1-4-7-10-13-16-19-22-25-28-31-34-37-40-43-48(56)53(62,49(57)44-41-38-35-32-29-26-23-20-17-14-11-8-5-2)54(63,52(61)55-47(46-64)51(59)60)50(58)45-42-39-36-33-30-27-24-21-18-15-12-9-6-3/h47,62-64H,4-46H2,1-3H3,(H,55,61)(H,59,60)/t47-,54-/m0/s1. The molecule has 0 aromatic carbocycles. The highest BCUT2D eigenvalue weighted by Gasteiger charge is 2.67. The molecule has 0 unspecified atom stereocenters. The Morgan fingerprint density at radius 2 is 0.578 bits per heavy atom. The number of aliphatic carboxylic acids is 1. The number of Topliss-reactive ketones (excluding diaryl/α,β-unsaturated/α-hetero) is 3. The lowest BCUT2D eigenvalue weighted by Crippen LogP contribution is -2.74. The Morgan fingerprint density at radius 3 is 0.781 bits per heavy atom. The third-order valence-corrected chi connectivity index (χ3v) is 13.7. The number of hydrogen-bond donors (Lipinski definition) is 5. The second kappa shape index (κ2) is 42.6. The van der Waals surface area contributed by atoms with E-state index in [1.807, 2.05) is 0 Å². The second-order valence-electron chi connectivity index (χ2n) is 19.2. The van der Waals surface area contributed by atoms with Crippen molar-refractivity contribution < 1.29 is 39.3 Å². The van der Waals surface area contributed by atoms with E-state index in [2.05, 4.69) is 38.7 Å². The zero-order valence-corrected chi connectivity index (χ0v) is 42.7. The number of carboxylic acids is 1. The molecule has 4 N–H and O–H groups in total. The Labute approximate surface area is 398 Å². The van der Waals surface area contributed by atoms with Crippen molar-refractivity contribution in [2.24, 2.45) is 0 Å². The lowest BCUT2D eigenvalue weighted by Gasteiger charge is -2.39. The predicted octanol–water partition coefficient (Wildman–Crippen LogP) is 14.1. The molecule has 9 nitrogen and oxygen atoms in total. The molecule has 0 rings (SSSR count). The van der Waals surface area contributed by atoms with Gasteiger partial charge in [0.15, 0.2) is 17.3 Å². The molecular weight excluding hydrogens is 823 g/mol. The van der Waals surface area contributed by atoms with Crippen LogP contribution < -0.4 is 5.32 Å². The van der Waals surface area contributed by atoms with Crippen LogP contribution in [0.4, 0.5) is 0 Å². The van der Waals surface area contributed by atoms with Crippen molar-refractivity contribution in [1.82, 2.24) is 5.32 Å². The van der Waals surface area contributed by atoms with Gasteiger partial charge in [-0.25, -0.2) is 4.79 Å². The number of thiol groups is 1. The van der Waals surface area contributed by atoms with Gasteiger partial charge in [0.25, 0.3) is 5.91 Å². The molecule has 0 aliphatic heterocycles. The number of unbranched alkanes of at least 4 members (excludes halogenated alkanes) is 36. The molecule has 0 spiro atoms. The summed E-state index contributed by atoms with van der Waals surface area (Å²) in [6.45, 7) is 6.67. The molecular formula is C54H101NO8S. The summed E-state index contributed by atoms with van der Waals surface area (Å²) in [5.41, 5.74) is -6.83. The fourth-order valence-corrected chi connectivity index (χ4v) is 9.20. The predicted molar refractivity (Wildman–Crippen MR) is 269 cm³/mol. The van der Waals surface area contributed by atoms with E-state index in [1.54, 1.807) is 0 Å². The molecule has 0 radical (unpaired) electrons. The van der Waals surface area contributed by atoms with Crippen molar-refractivity contribution in [1.29, 1.82) is 0 Å². The molecule has 376 valence electrons. The Morgan fingerprint density at radius 1 is 0.375 bits per heavy atom. The quantitative estimate of drug-likeness (QED) is 0.0229. The summed E-state index contributed by atoms with van der Waals surface area (Å²) < 4.78 is 0. The monoisotopic (exact) mass is 924 g/mol. The summed E-state index contributed by atoms with van der Waals surface area (Å²) in [4.78, 5) is 68.5. The van der Waals surface area contributed by atoms with Crippen LogP contribution in [0.5, 0.6) is 0 Å². The molecule has 2 atom stereocenters. The molecule has 0 aliphatic rings. The van der Waals surface area contributed by atoms with Gasteiger partial charge >= 0.3 is 5.97 Å². The van der Waals surface area contributed by atoms with Crippen molar-refractivity contribution in [3.63, 3.8) is 0 Å². The van der Waals surface area contributed by atoms with Gasteiger partial charge in [-0.2, -0.15) is 12.6 Å². The number of amides is 1. The second-order valence-corrected chi connectivity index (χ2v) is 19.6. The smallest absolute Gasteiger partial charge is 0.327 e. The van der Waals surface area contributed by atoms with E-state index in [-0.39, 0.29) is 31.4 Å². The van der Waals surface area contributed by atoms with E-state index in [1.165, 1.54) is 135 Å². The first-order valence-electron chi connectivity index (χ1n) is 27.2. The van der Waals surface area contributed by atoms with Gasteiger partial charge in [-0.05, 0) is 19.3 Å². The average Bonchev–Trinajstić information content (AvgIpc) is 3.28. The highest BCUT2D eigenvalue weighted by Crippen LogP contribution is 2.33. The molecule has 0 aliphatic carbocycles. The Hall–Kier alpha value is -1.78. The van der Waals surface area contributed by atoms with Crippen LogP contribution in [0, 0.1) is 0 Å². The number of rotatable bonds is 50. The Balaban J connectivity index is 5.70. The Kier molecular flexibility index (Phi) is 41.4. The summed E-state index contributed by atoms with van der Waals surface area (Å²) in [5, 5.41) is 36.5. The van der Waals surface area contributed by atoms with Gasteiger partial charge in [0.1, 0.15) is 6.04 Å². The highest BCUT2D eigenvalue weighted by molar-refractivity contribution is 7.80. The van der Waals surface area contributed by atoms with Gasteiger partial charge in [-0.15, -0.1) is 0 Å². The molecule has 0 saturated heterocycles. The summed E-state index contributed by atoms with van der Waals surface area (Å²) in [6.07, 6.45) is 40.9. The minimum Gasteiger partial charge on any atom is -0.480 e. The average molecular weight is 924 g/mol. The third kappa shape index (κ3) is 28.4. The molecule has 64 heavy (non-hydrogen) atoms. The number of aliphatic hydroxyl groups is 2. The zero-order chi connectivity index (χ0) is 47.6. The van der Waals surface area contributed by atoms with Crippen LogP contribution >= 0.6 is 12.6 Å². The van der Waals surface area contributed by atoms with Crippen molar-refractivity contribution in [2.45, 2.75) is 308 Å². The molecule has 0 bridgehead atoms. The lowest BCUT2D eigenvalue weighted by atomic mass is 9.70. The van der Waals surface area contributed by atoms with Gasteiger partial charge < -0.3 is 20.6 Å². The molecule has 1 amide bonds. The van der Waals surface area contributed by atoms with Crippen molar-refractivity contribution in [2.75, 3.05) is 5.75 Å². The maximum absolute atomic E-state index is 14.2. The summed E-state index contributed by atoms with van der Waals surface area (Å²) >= 11 is 4.03. The number of carbonyl (C=O) groups is 5. The van der Waals surface area contributed by atoms with E-state index in [9.17, 15) is 39.3 Å². The maximum Gasteiger partial charge on any atom is 0.327 e. The molecule has 0 aromatic rings. The van der Waals surface area contributed by atoms with Crippen molar-refractivity contribution >= 4 is 41.9 Å². The van der Waals surface area contributed by atoms with Crippen LogP contribution in [0.25, 0.3) is 0 Å². The van der Waals surface area contributed by atoms with E-state index in [4.69, 9.17) is 0 Å². The van der Waals surface area contributed by atoms with E-state index >= 15 is 0 Å². The van der Waals surface area contributed by atoms with Gasteiger partial charge in [0.2, 0.25) is 11.2 Å². The lowest BCUT2D eigenvalue weighted by molar-refractivity contribution is -0.192. The summed E-state index contributed by atoms with van der Waals surface area (Å²) in [6, 6.07) is -1.62. The largest absolute Gasteiger partial charge is 0.480 e. The van der Waals surface area contributed by atoms with Crippen LogP contribution in [-0.2, 0) is 24.0 Å². The van der Waals surface area contributed by atoms with Gasteiger partial charge in [0, 0.05) is 25.0 Å². The molecule has 0 fully saturated rings. The molecule has 0 aromatic heterocycles. The number of carboxylic acid groups (broad SMARTS) is 1. The van der Waals surface area contributed by atoms with Gasteiger partial charge in [-0.3, -0.25) is 19.2 Å². The molecule has 10 heteroatoms. The van der Waals surface area contributed by atoms with Crippen LogP contribution in [0.3, 0.4) is 0 Å². The van der Waals surface area contributed by atoms with Crippen LogP contribution in [0.1, 0.15) is 290 Å². The van der Waals surface area contributed by atoms with Crippen molar-refractivity contribution in [3.05, 3.63) is 0 Å². The number of hydrogen-bond acceptors (Lipinski definition) is 8. The van der Waals surface area contributed by atoms with Gasteiger partial charge in [-0.1, -0.05) is 252 Å². The summed E-state index contributed by atoms with van der Waals surface area (Å²) in [7, 11) is 0. The normalized spacial score (nSPS) is 13.2. The Bertz CT molecular complexity index is 1140. The molecule has 0 saturated carbocycles. The highest BCUT2D eigenvalue weighted by atomic mass is 32.1. The maximum atomic E-state index is 14.2. The zero-order valence-electron chi connectivity index (χ0n) is 41.8. The first-order chi connectivity index (χ1) is 31.0. The number of nitrogens with one attached hydrogen (secondary N) is 1. The fraction of sp³-hybridized carbons (Fsp3) is 0.907. The first-order valence-corrected chi connectivity index (χ1v) is 27.8. The minimum atomic E-state index is -3.48. The summed E-state index contributed by atoms with van der Waals surface area (Å²) in [5.74, 6) is -6.66. The van der Waals surface area contributed by atoms with Crippen LogP contribution in [0.15, 0.2) is 0 Å². The SMILES string of the molecule is CCCCCCCCCCCCCCCC(=O)C(O)(C(=O)CCCCCCCCCCCCCCC)[C@](O)(C(=O)CCCCCCCCCCCCCCC)C(=O)N[C@@H](CS)C(=O)O. The minimum absolute atomic E-state index is 0.289. The molecule has 0 heterocycles. The third-order valence-electron chi connectivity index (χ3n) is 13.4. The number of carbonyl (C=O) groups excluding carboxylic acids is 4. The van der Waals surface area contributed by atoms with Gasteiger partial charge in [0.05, 0.1) is 0 Å². The van der Waals surface area contributed by atoms with E-state index < -0.39 is 46.5 Å². The number of ketones is 3. The van der Waals surface area contributed by atoms with Crippen LogP contribution in [-0.4, -0.2) is 67.5 Å². The topological polar surface area (TPSA) is 158 Å². The van der Waals surface area contributed by atoms with E-state index in [0.717, 1.165) is 77.0 Å². The van der Waals surface area contributed by atoms with Crippen molar-refractivity contribution in [3.8, 4) is 0 Å². The van der Waals surface area contributed by atoms with E-state index in [0.29, 0.717) is 32.1 Å². The van der Waals surface area contributed by atoms with Crippen LogP contribution in [0.2, 0.25) is 0 Å².